The SMILES string of the molecule is O=C1NCCC1N1CCN(c2ccc3c(=O)n(CC(F)F)cnc3c2)CC1. The van der Waals surface area contributed by atoms with E-state index in [1.165, 1.54) is 6.33 Å². The Morgan fingerprint density at radius 2 is 1.96 bits per heavy atom. The minimum Gasteiger partial charge on any atom is -0.369 e. The number of aromatic nitrogens is 2. The smallest absolute Gasteiger partial charge is 0.261 e. The van der Waals surface area contributed by atoms with Crippen molar-refractivity contribution in [1.82, 2.24) is 19.8 Å². The Kier molecular flexibility index (Phi) is 4.77. The van der Waals surface area contributed by atoms with Crippen LogP contribution in [0.3, 0.4) is 0 Å². The van der Waals surface area contributed by atoms with Crippen LogP contribution in [0.1, 0.15) is 6.42 Å². The summed E-state index contributed by atoms with van der Waals surface area (Å²) in [6.07, 6.45) is -0.569. The standard InChI is InChI=1S/C18H21F2N5O2/c19-16(20)10-25-11-22-14-9-12(1-2-13(14)18(25)27)23-5-7-24(8-6-23)15-3-4-21-17(15)26/h1-2,9,11,15-16H,3-8,10H2,(H,21,26). The third-order valence-corrected chi connectivity index (χ3v) is 5.28. The molecule has 2 aliphatic heterocycles. The van der Waals surface area contributed by atoms with Crippen LogP contribution in [0.25, 0.3) is 10.9 Å². The summed E-state index contributed by atoms with van der Waals surface area (Å²) in [5.41, 5.74) is 0.987. The van der Waals surface area contributed by atoms with Crippen LogP contribution >= 0.6 is 0 Å². The fourth-order valence-electron chi connectivity index (χ4n) is 3.84. The van der Waals surface area contributed by atoms with Crippen molar-refractivity contribution in [1.29, 1.82) is 0 Å². The second-order valence-electron chi connectivity index (χ2n) is 6.91. The maximum absolute atomic E-state index is 12.6. The van der Waals surface area contributed by atoms with E-state index in [1.807, 2.05) is 12.1 Å². The minimum absolute atomic E-state index is 0.0290. The number of carbonyl (C=O) groups excluding carboxylic acids is 1. The van der Waals surface area contributed by atoms with Gasteiger partial charge in [0.1, 0.15) is 0 Å². The molecule has 1 atom stereocenters. The van der Waals surface area contributed by atoms with Crippen molar-refractivity contribution in [3.05, 3.63) is 34.9 Å². The first-order valence-electron chi connectivity index (χ1n) is 9.07. The lowest BCUT2D eigenvalue weighted by Crippen LogP contribution is -2.52. The average molecular weight is 377 g/mol. The molecule has 2 aromatic rings. The molecule has 0 saturated carbocycles. The Morgan fingerprint density at radius 1 is 1.19 bits per heavy atom. The molecule has 1 amide bonds. The molecule has 2 saturated heterocycles. The zero-order valence-corrected chi connectivity index (χ0v) is 14.8. The van der Waals surface area contributed by atoms with Gasteiger partial charge in [-0.15, -0.1) is 0 Å². The van der Waals surface area contributed by atoms with Gasteiger partial charge in [-0.2, -0.15) is 0 Å². The Hall–Kier alpha value is -2.55. The number of amides is 1. The molecule has 1 unspecified atom stereocenters. The molecular weight excluding hydrogens is 356 g/mol. The molecule has 0 spiro atoms. The van der Waals surface area contributed by atoms with Gasteiger partial charge in [-0.25, -0.2) is 13.8 Å². The molecule has 144 valence electrons. The van der Waals surface area contributed by atoms with Crippen LogP contribution in [0.2, 0.25) is 0 Å². The normalized spacial score (nSPS) is 21.2. The van der Waals surface area contributed by atoms with Gasteiger partial charge < -0.3 is 10.2 Å². The largest absolute Gasteiger partial charge is 0.369 e. The second-order valence-corrected chi connectivity index (χ2v) is 6.91. The number of hydrogen-bond acceptors (Lipinski definition) is 5. The molecule has 0 radical (unpaired) electrons. The predicted molar refractivity (Wildman–Crippen MR) is 97.2 cm³/mol. The van der Waals surface area contributed by atoms with E-state index in [-0.39, 0.29) is 11.9 Å². The van der Waals surface area contributed by atoms with Crippen molar-refractivity contribution < 1.29 is 13.6 Å². The summed E-state index contributed by atoms with van der Waals surface area (Å²) in [7, 11) is 0. The number of hydrogen-bond donors (Lipinski definition) is 1. The maximum Gasteiger partial charge on any atom is 0.261 e. The van der Waals surface area contributed by atoms with Crippen molar-refractivity contribution in [2.45, 2.75) is 25.4 Å². The number of nitrogens with zero attached hydrogens (tertiary/aromatic N) is 4. The highest BCUT2D eigenvalue weighted by Gasteiger charge is 2.32. The fraction of sp³-hybridized carbons (Fsp3) is 0.500. The summed E-state index contributed by atoms with van der Waals surface area (Å²) >= 11 is 0. The number of rotatable bonds is 4. The van der Waals surface area contributed by atoms with Crippen LogP contribution in [0.15, 0.2) is 29.3 Å². The van der Waals surface area contributed by atoms with Gasteiger partial charge in [0, 0.05) is 38.4 Å². The second kappa shape index (κ2) is 7.22. The zero-order valence-electron chi connectivity index (χ0n) is 14.8. The lowest BCUT2D eigenvalue weighted by molar-refractivity contribution is -0.123. The van der Waals surface area contributed by atoms with E-state index in [0.29, 0.717) is 10.9 Å². The van der Waals surface area contributed by atoms with Crippen LogP contribution in [0.5, 0.6) is 0 Å². The lowest BCUT2D eigenvalue weighted by atomic mass is 10.1. The molecule has 1 aromatic carbocycles. The van der Waals surface area contributed by atoms with Crippen LogP contribution < -0.4 is 15.8 Å². The zero-order chi connectivity index (χ0) is 19.0. The van der Waals surface area contributed by atoms with Gasteiger partial charge in [-0.1, -0.05) is 0 Å². The number of benzene rings is 1. The predicted octanol–water partition coefficient (Wildman–Crippen LogP) is 0.672. The van der Waals surface area contributed by atoms with Crippen molar-refractivity contribution in [2.24, 2.45) is 0 Å². The van der Waals surface area contributed by atoms with E-state index < -0.39 is 18.5 Å². The van der Waals surface area contributed by atoms with E-state index in [2.05, 4.69) is 20.1 Å². The number of anilines is 1. The highest BCUT2D eigenvalue weighted by molar-refractivity contribution is 5.84. The van der Waals surface area contributed by atoms with Crippen molar-refractivity contribution in [3.63, 3.8) is 0 Å². The average Bonchev–Trinajstić information content (AvgIpc) is 3.09. The minimum atomic E-state index is -2.60. The van der Waals surface area contributed by atoms with Crippen LogP contribution in [-0.2, 0) is 11.3 Å². The molecule has 0 aliphatic carbocycles. The summed E-state index contributed by atoms with van der Waals surface area (Å²) in [6.45, 7) is 3.22. The van der Waals surface area contributed by atoms with Crippen LogP contribution in [0, 0.1) is 0 Å². The third kappa shape index (κ3) is 3.51. The molecule has 4 rings (SSSR count). The summed E-state index contributed by atoms with van der Waals surface area (Å²) in [6, 6.07) is 5.27. The van der Waals surface area contributed by atoms with E-state index >= 15 is 0 Å². The molecule has 2 fully saturated rings. The molecule has 7 nitrogen and oxygen atoms in total. The van der Waals surface area contributed by atoms with Crippen LogP contribution in [0.4, 0.5) is 14.5 Å². The van der Waals surface area contributed by atoms with Gasteiger partial charge in [0.15, 0.2) is 0 Å². The van der Waals surface area contributed by atoms with Gasteiger partial charge in [0.25, 0.3) is 12.0 Å². The highest BCUT2D eigenvalue weighted by Crippen LogP contribution is 2.22. The molecule has 0 bridgehead atoms. The third-order valence-electron chi connectivity index (χ3n) is 5.28. The quantitative estimate of drug-likeness (QED) is 0.848. The number of alkyl halides is 2. The summed E-state index contributed by atoms with van der Waals surface area (Å²) in [5, 5.41) is 3.21. The monoisotopic (exact) mass is 377 g/mol. The van der Waals surface area contributed by atoms with Crippen molar-refractivity contribution >= 4 is 22.5 Å². The Bertz CT molecular complexity index is 908. The lowest BCUT2D eigenvalue weighted by Gasteiger charge is -2.38. The number of piperazine rings is 1. The molecule has 9 heteroatoms. The van der Waals surface area contributed by atoms with Gasteiger partial charge in [-0.3, -0.25) is 19.1 Å². The van der Waals surface area contributed by atoms with Gasteiger partial charge in [0.05, 0.1) is 29.8 Å². The summed E-state index contributed by atoms with van der Waals surface area (Å²) < 4.78 is 26.0. The molecule has 1 aromatic heterocycles. The summed E-state index contributed by atoms with van der Waals surface area (Å²) in [4.78, 5) is 32.7. The Labute approximate surface area is 154 Å². The van der Waals surface area contributed by atoms with E-state index in [1.54, 1.807) is 6.07 Å². The number of carbonyl (C=O) groups is 1. The van der Waals surface area contributed by atoms with E-state index in [0.717, 1.165) is 49.4 Å². The van der Waals surface area contributed by atoms with Gasteiger partial charge >= 0.3 is 0 Å². The molecular formula is C18H21F2N5O2. The van der Waals surface area contributed by atoms with Gasteiger partial charge in [-0.05, 0) is 24.6 Å². The first kappa shape index (κ1) is 17.8. The molecule has 27 heavy (non-hydrogen) atoms. The first-order chi connectivity index (χ1) is 13.0. The Morgan fingerprint density at radius 3 is 2.63 bits per heavy atom. The van der Waals surface area contributed by atoms with Gasteiger partial charge in [0.2, 0.25) is 5.91 Å². The van der Waals surface area contributed by atoms with E-state index in [9.17, 15) is 18.4 Å². The highest BCUT2D eigenvalue weighted by atomic mass is 19.3. The first-order valence-corrected chi connectivity index (χ1v) is 9.07. The maximum atomic E-state index is 12.6. The Balaban J connectivity index is 1.50. The van der Waals surface area contributed by atoms with Crippen LogP contribution in [-0.4, -0.2) is 65.5 Å². The number of nitrogens with one attached hydrogen (secondary N) is 1. The molecule has 3 heterocycles. The summed E-state index contributed by atoms with van der Waals surface area (Å²) in [5.74, 6) is 0.110. The number of fused-ring (bicyclic) bond motifs is 1. The topological polar surface area (TPSA) is 70.5 Å². The van der Waals surface area contributed by atoms with Crippen molar-refractivity contribution in [2.75, 3.05) is 37.6 Å². The van der Waals surface area contributed by atoms with E-state index in [4.69, 9.17) is 0 Å². The fourth-order valence-corrected chi connectivity index (χ4v) is 3.84. The molecule has 1 N–H and O–H groups in total. The molecule has 2 aliphatic rings. The number of halogens is 2. The van der Waals surface area contributed by atoms with Crippen molar-refractivity contribution in [3.8, 4) is 0 Å².